The minimum Gasteiger partial charge on any atom is -0.465 e. The highest BCUT2D eigenvalue weighted by Gasteiger charge is 2.50. The van der Waals surface area contributed by atoms with Gasteiger partial charge >= 0.3 is 5.97 Å². The van der Waals surface area contributed by atoms with Crippen molar-refractivity contribution in [1.82, 2.24) is 15.0 Å². The van der Waals surface area contributed by atoms with Gasteiger partial charge in [0.15, 0.2) is 0 Å². The first-order valence-electron chi connectivity index (χ1n) is 11.9. The number of rotatable bonds is 14. The summed E-state index contributed by atoms with van der Waals surface area (Å²) in [5.74, 6) is 1.80. The van der Waals surface area contributed by atoms with Crippen LogP contribution in [0.5, 0.6) is 0 Å². The van der Waals surface area contributed by atoms with Crippen LogP contribution in [0.25, 0.3) is 0 Å². The van der Waals surface area contributed by atoms with E-state index in [1.54, 1.807) is 7.11 Å². The van der Waals surface area contributed by atoms with Crippen LogP contribution >= 0.6 is 0 Å². The summed E-state index contributed by atoms with van der Waals surface area (Å²) >= 11 is 0. The molecule has 30 heavy (non-hydrogen) atoms. The molecule has 1 aromatic rings. The topological polar surface area (TPSA) is 75.5 Å². The summed E-state index contributed by atoms with van der Waals surface area (Å²) < 4.78 is 18.0. The summed E-state index contributed by atoms with van der Waals surface area (Å²) in [7, 11) is 1.65. The Hall–Kier alpha value is -1.47. The number of ether oxygens (including phenoxy) is 3. The van der Waals surface area contributed by atoms with Gasteiger partial charge in [-0.25, -0.2) is 4.68 Å². The third-order valence-corrected chi connectivity index (χ3v) is 6.62. The fraction of sp³-hybridized carbons (Fsp3) is 0.870. The van der Waals surface area contributed by atoms with E-state index in [0.717, 1.165) is 32.2 Å². The molecule has 1 saturated carbocycles. The van der Waals surface area contributed by atoms with Gasteiger partial charge in [-0.2, -0.15) is 0 Å². The van der Waals surface area contributed by atoms with Crippen LogP contribution in [0.1, 0.15) is 69.7 Å². The molecule has 0 aromatic carbocycles. The molecule has 0 aliphatic heterocycles. The van der Waals surface area contributed by atoms with Gasteiger partial charge in [0.25, 0.3) is 0 Å². The number of carbonyl (C=O) groups excluding carboxylic acids is 1. The average molecular weight is 422 g/mol. The lowest BCUT2D eigenvalue weighted by molar-refractivity contribution is -0.144. The standard InChI is InChI=1S/C23H39N3O4/c1-3-4-5-6-13-26-22-12-10-19-18(9-11-21(22)24-25-26)20(19)17-30-23(27)8-7-14-29-16-15-28-2/h18-20H,3-17H2,1-2H3. The zero-order chi connectivity index (χ0) is 21.2. The van der Waals surface area contributed by atoms with Crippen LogP contribution in [0.2, 0.25) is 0 Å². The SMILES string of the molecule is CCCCCCn1nnc2c1CCC1C(CC2)C1COC(=O)CCCOCCOC. The number of esters is 1. The lowest BCUT2D eigenvalue weighted by Crippen LogP contribution is -2.10. The molecule has 0 spiro atoms. The second kappa shape index (κ2) is 12.4. The zero-order valence-corrected chi connectivity index (χ0v) is 18.8. The van der Waals surface area contributed by atoms with Gasteiger partial charge in [0, 0.05) is 26.7 Å². The molecule has 1 heterocycles. The van der Waals surface area contributed by atoms with Crippen molar-refractivity contribution in [1.29, 1.82) is 0 Å². The van der Waals surface area contributed by atoms with Gasteiger partial charge in [-0.3, -0.25) is 4.79 Å². The molecule has 0 radical (unpaired) electrons. The van der Waals surface area contributed by atoms with Crippen molar-refractivity contribution in [3.8, 4) is 0 Å². The third-order valence-electron chi connectivity index (χ3n) is 6.62. The predicted octanol–water partition coefficient (Wildman–Crippen LogP) is 3.59. The van der Waals surface area contributed by atoms with E-state index < -0.39 is 0 Å². The van der Waals surface area contributed by atoms with Gasteiger partial charge in [0.1, 0.15) is 0 Å². The Morgan fingerprint density at radius 2 is 1.90 bits per heavy atom. The number of carbonyl (C=O) groups is 1. The second-order valence-electron chi connectivity index (χ2n) is 8.73. The Balaban J connectivity index is 1.35. The van der Waals surface area contributed by atoms with Crippen molar-refractivity contribution in [3.05, 3.63) is 11.4 Å². The third kappa shape index (κ3) is 6.77. The first-order chi connectivity index (χ1) is 14.7. The van der Waals surface area contributed by atoms with Gasteiger partial charge in [-0.1, -0.05) is 31.4 Å². The lowest BCUT2D eigenvalue weighted by Gasteiger charge is -2.10. The molecule has 3 atom stereocenters. The molecule has 7 heteroatoms. The highest BCUT2D eigenvalue weighted by Crippen LogP contribution is 2.52. The first-order valence-corrected chi connectivity index (χ1v) is 11.9. The van der Waals surface area contributed by atoms with Gasteiger partial charge in [-0.05, 0) is 56.3 Å². The number of fused-ring (bicyclic) bond motifs is 2. The molecule has 170 valence electrons. The minimum absolute atomic E-state index is 0.0997. The molecule has 1 fully saturated rings. The maximum Gasteiger partial charge on any atom is 0.305 e. The van der Waals surface area contributed by atoms with Crippen LogP contribution in [-0.2, 0) is 38.4 Å². The molecular formula is C23H39N3O4. The summed E-state index contributed by atoms with van der Waals surface area (Å²) in [6, 6.07) is 0. The van der Waals surface area contributed by atoms with Crippen molar-refractivity contribution < 1.29 is 19.0 Å². The van der Waals surface area contributed by atoms with Crippen molar-refractivity contribution in [2.45, 2.75) is 77.7 Å². The summed E-state index contributed by atoms with van der Waals surface area (Å²) in [5.41, 5.74) is 2.54. The molecular weight excluding hydrogens is 382 g/mol. The van der Waals surface area contributed by atoms with E-state index in [1.165, 1.54) is 37.1 Å². The smallest absolute Gasteiger partial charge is 0.305 e. The highest BCUT2D eigenvalue weighted by molar-refractivity contribution is 5.69. The largest absolute Gasteiger partial charge is 0.465 e. The van der Waals surface area contributed by atoms with E-state index in [2.05, 4.69) is 21.9 Å². The molecule has 0 saturated heterocycles. The quantitative estimate of drug-likeness (QED) is 0.338. The number of aromatic nitrogens is 3. The van der Waals surface area contributed by atoms with Gasteiger partial charge < -0.3 is 14.2 Å². The van der Waals surface area contributed by atoms with Gasteiger partial charge in [0.2, 0.25) is 0 Å². The van der Waals surface area contributed by atoms with Crippen molar-refractivity contribution in [3.63, 3.8) is 0 Å². The van der Waals surface area contributed by atoms with Crippen LogP contribution in [0, 0.1) is 17.8 Å². The van der Waals surface area contributed by atoms with Crippen molar-refractivity contribution in [2.75, 3.05) is 33.5 Å². The monoisotopic (exact) mass is 421 g/mol. The lowest BCUT2D eigenvalue weighted by atomic mass is 10.0. The summed E-state index contributed by atoms with van der Waals surface area (Å²) in [4.78, 5) is 12.0. The second-order valence-corrected chi connectivity index (χ2v) is 8.73. The van der Waals surface area contributed by atoms with Crippen molar-refractivity contribution in [2.24, 2.45) is 17.8 Å². The van der Waals surface area contributed by atoms with Crippen molar-refractivity contribution >= 4 is 5.97 Å². The first kappa shape index (κ1) is 23.2. The summed E-state index contributed by atoms with van der Waals surface area (Å²) in [6.07, 6.45) is 10.5. The number of aryl methyl sites for hydroxylation is 2. The van der Waals surface area contributed by atoms with E-state index in [1.807, 2.05) is 0 Å². The van der Waals surface area contributed by atoms with E-state index in [-0.39, 0.29) is 5.97 Å². The van der Waals surface area contributed by atoms with E-state index in [4.69, 9.17) is 14.2 Å². The average Bonchev–Trinajstić information content (AvgIpc) is 3.25. The maximum absolute atomic E-state index is 12.0. The Morgan fingerprint density at radius 1 is 1.07 bits per heavy atom. The van der Waals surface area contributed by atoms with Crippen LogP contribution in [-0.4, -0.2) is 54.5 Å². The molecule has 3 unspecified atom stereocenters. The van der Waals surface area contributed by atoms with E-state index in [9.17, 15) is 4.79 Å². The molecule has 3 rings (SSSR count). The van der Waals surface area contributed by atoms with Crippen LogP contribution in [0.4, 0.5) is 0 Å². The molecule has 2 aliphatic carbocycles. The van der Waals surface area contributed by atoms with Crippen LogP contribution in [0.15, 0.2) is 0 Å². The molecule has 1 aromatic heterocycles. The zero-order valence-electron chi connectivity index (χ0n) is 18.8. The van der Waals surface area contributed by atoms with Gasteiger partial charge in [0.05, 0.1) is 31.2 Å². The van der Waals surface area contributed by atoms with Crippen LogP contribution < -0.4 is 0 Å². The molecule has 0 amide bonds. The fourth-order valence-corrected chi connectivity index (χ4v) is 4.76. The van der Waals surface area contributed by atoms with Gasteiger partial charge in [-0.15, -0.1) is 5.10 Å². The number of hydrogen-bond acceptors (Lipinski definition) is 6. The van der Waals surface area contributed by atoms with E-state index >= 15 is 0 Å². The Bertz CT molecular complexity index is 648. The predicted molar refractivity (Wildman–Crippen MR) is 114 cm³/mol. The molecule has 7 nitrogen and oxygen atoms in total. The number of methoxy groups -OCH3 is 1. The summed E-state index contributed by atoms with van der Waals surface area (Å²) in [6.45, 7) is 5.55. The highest BCUT2D eigenvalue weighted by atomic mass is 16.5. The number of hydrogen-bond donors (Lipinski definition) is 0. The minimum atomic E-state index is -0.0997. The Labute approximate surface area is 180 Å². The number of nitrogens with zero attached hydrogens (tertiary/aromatic N) is 3. The maximum atomic E-state index is 12.0. The molecule has 0 N–H and O–H groups in total. The van der Waals surface area contributed by atoms with Crippen LogP contribution in [0.3, 0.4) is 0 Å². The normalized spacial score (nSPS) is 22.7. The fourth-order valence-electron chi connectivity index (χ4n) is 4.76. The summed E-state index contributed by atoms with van der Waals surface area (Å²) in [5, 5.41) is 8.91. The molecule has 0 bridgehead atoms. The Kier molecular flexibility index (Phi) is 9.59. The van der Waals surface area contributed by atoms with E-state index in [0.29, 0.717) is 57.0 Å². The Morgan fingerprint density at radius 3 is 2.70 bits per heavy atom. The molecule has 2 aliphatic rings. The number of unbranched alkanes of at least 4 members (excludes halogenated alkanes) is 3.